The first-order valence-electron chi connectivity index (χ1n) is 8.04. The normalized spacial score (nSPS) is 17.3. The largest absolute Gasteiger partial charge is 0.244 e. The van der Waals surface area contributed by atoms with Crippen molar-refractivity contribution >= 4 is 31.6 Å². The summed E-state index contributed by atoms with van der Waals surface area (Å²) >= 11 is 6.01. The highest BCUT2D eigenvalue weighted by Gasteiger charge is 2.34. The number of halogens is 1. The Labute approximate surface area is 159 Å². The SMILES string of the molecule is Cc1ccc(S(=O)(=O)N2CCN(S(=O)(=O)c3ccccc3Cl)CC2)cc1. The zero-order valence-corrected chi connectivity index (χ0v) is 16.6. The van der Waals surface area contributed by atoms with Gasteiger partial charge in [0.2, 0.25) is 20.0 Å². The van der Waals surface area contributed by atoms with E-state index in [4.69, 9.17) is 11.6 Å². The van der Waals surface area contributed by atoms with Crippen molar-refractivity contribution in [3.05, 3.63) is 59.1 Å². The Bertz CT molecular complexity index is 997. The maximum Gasteiger partial charge on any atom is 0.244 e. The zero-order valence-electron chi connectivity index (χ0n) is 14.2. The second-order valence-corrected chi connectivity index (χ2v) is 10.3. The van der Waals surface area contributed by atoms with Gasteiger partial charge in [0.1, 0.15) is 4.90 Å². The highest BCUT2D eigenvalue weighted by molar-refractivity contribution is 7.89. The van der Waals surface area contributed by atoms with Gasteiger partial charge in [-0.25, -0.2) is 16.8 Å². The maximum atomic E-state index is 12.7. The van der Waals surface area contributed by atoms with Gasteiger partial charge >= 0.3 is 0 Å². The van der Waals surface area contributed by atoms with Gasteiger partial charge in [0.15, 0.2) is 0 Å². The minimum atomic E-state index is -3.75. The zero-order chi connectivity index (χ0) is 18.9. The number of piperazine rings is 1. The average molecular weight is 415 g/mol. The molecule has 0 aliphatic carbocycles. The molecule has 0 atom stereocenters. The summed E-state index contributed by atoms with van der Waals surface area (Å²) in [7, 11) is -7.39. The van der Waals surface area contributed by atoms with Crippen LogP contribution in [0.15, 0.2) is 58.3 Å². The van der Waals surface area contributed by atoms with Gasteiger partial charge in [-0.05, 0) is 31.2 Å². The number of benzene rings is 2. The van der Waals surface area contributed by atoms with Crippen molar-refractivity contribution in [1.29, 1.82) is 0 Å². The van der Waals surface area contributed by atoms with Crippen LogP contribution in [0.1, 0.15) is 5.56 Å². The molecule has 0 N–H and O–H groups in total. The third-order valence-corrected chi connectivity index (χ3v) is 8.62. The van der Waals surface area contributed by atoms with Crippen molar-refractivity contribution in [2.75, 3.05) is 26.2 Å². The van der Waals surface area contributed by atoms with Gasteiger partial charge in [-0.3, -0.25) is 0 Å². The fraction of sp³-hybridized carbons (Fsp3) is 0.294. The van der Waals surface area contributed by atoms with Crippen molar-refractivity contribution in [1.82, 2.24) is 8.61 Å². The minimum absolute atomic E-state index is 0.0384. The predicted octanol–water partition coefficient (Wildman–Crippen LogP) is 2.34. The Morgan fingerprint density at radius 1 is 0.769 bits per heavy atom. The van der Waals surface area contributed by atoms with Crippen molar-refractivity contribution in [2.24, 2.45) is 0 Å². The Hall–Kier alpha value is -1.45. The van der Waals surface area contributed by atoms with Gasteiger partial charge in [-0.1, -0.05) is 41.4 Å². The molecule has 1 aliphatic heterocycles. The lowest BCUT2D eigenvalue weighted by atomic mass is 10.2. The van der Waals surface area contributed by atoms with Gasteiger partial charge in [-0.2, -0.15) is 8.61 Å². The van der Waals surface area contributed by atoms with Crippen LogP contribution in [0, 0.1) is 6.92 Å². The Kier molecular flexibility index (Phi) is 5.41. The van der Waals surface area contributed by atoms with Crippen LogP contribution in [-0.4, -0.2) is 51.6 Å². The molecule has 2 aromatic carbocycles. The van der Waals surface area contributed by atoms with E-state index in [0.717, 1.165) is 5.56 Å². The molecule has 0 radical (unpaired) electrons. The van der Waals surface area contributed by atoms with Crippen LogP contribution in [0.25, 0.3) is 0 Å². The number of sulfonamides is 2. The average Bonchev–Trinajstić information content (AvgIpc) is 2.62. The summed E-state index contributed by atoms with van der Waals surface area (Å²) < 4.78 is 53.5. The van der Waals surface area contributed by atoms with Gasteiger partial charge < -0.3 is 0 Å². The molecule has 140 valence electrons. The van der Waals surface area contributed by atoms with Gasteiger partial charge in [0.25, 0.3) is 0 Å². The number of rotatable bonds is 4. The first kappa shape index (κ1) is 19.3. The van der Waals surface area contributed by atoms with Crippen LogP contribution in [0.4, 0.5) is 0 Å². The molecule has 2 aromatic rings. The maximum absolute atomic E-state index is 12.7. The number of hydrogen-bond acceptors (Lipinski definition) is 4. The summed E-state index contributed by atoms with van der Waals surface area (Å²) in [5, 5.41) is 0.155. The summed E-state index contributed by atoms with van der Waals surface area (Å²) in [5.74, 6) is 0. The van der Waals surface area contributed by atoms with E-state index in [9.17, 15) is 16.8 Å². The quantitative estimate of drug-likeness (QED) is 0.769. The van der Waals surface area contributed by atoms with E-state index in [2.05, 4.69) is 0 Å². The molecule has 1 heterocycles. The van der Waals surface area contributed by atoms with Crippen molar-refractivity contribution in [3.63, 3.8) is 0 Å². The molecule has 0 spiro atoms. The van der Waals surface area contributed by atoms with Crippen LogP contribution in [-0.2, 0) is 20.0 Å². The van der Waals surface area contributed by atoms with Crippen LogP contribution >= 0.6 is 11.6 Å². The second-order valence-electron chi connectivity index (χ2n) is 6.05. The lowest BCUT2D eigenvalue weighted by Gasteiger charge is -2.33. The second kappa shape index (κ2) is 7.28. The van der Waals surface area contributed by atoms with Crippen LogP contribution in [0.2, 0.25) is 5.02 Å². The van der Waals surface area contributed by atoms with Gasteiger partial charge in [0.05, 0.1) is 9.92 Å². The monoisotopic (exact) mass is 414 g/mol. The standard InChI is InChI=1S/C17H19ClN2O4S2/c1-14-6-8-15(9-7-14)25(21,22)19-10-12-20(13-11-19)26(23,24)17-5-3-2-4-16(17)18/h2-9H,10-13H2,1H3. The first-order chi connectivity index (χ1) is 12.2. The van der Waals surface area contributed by atoms with E-state index in [1.807, 2.05) is 6.92 Å². The fourth-order valence-electron chi connectivity index (χ4n) is 2.80. The topological polar surface area (TPSA) is 74.8 Å². The molecule has 0 bridgehead atoms. The smallest absolute Gasteiger partial charge is 0.207 e. The molecule has 1 aliphatic rings. The lowest BCUT2D eigenvalue weighted by molar-refractivity contribution is 0.273. The van der Waals surface area contributed by atoms with Crippen molar-refractivity contribution in [2.45, 2.75) is 16.7 Å². The molecular weight excluding hydrogens is 396 g/mol. The molecule has 0 saturated carbocycles. The van der Waals surface area contributed by atoms with E-state index in [-0.39, 0.29) is 41.0 Å². The van der Waals surface area contributed by atoms with Crippen LogP contribution in [0.3, 0.4) is 0 Å². The minimum Gasteiger partial charge on any atom is -0.207 e. The third kappa shape index (κ3) is 3.65. The number of nitrogens with zero attached hydrogens (tertiary/aromatic N) is 2. The summed E-state index contributed by atoms with van der Waals surface area (Å²) in [5.41, 5.74) is 0.972. The van der Waals surface area contributed by atoms with E-state index in [1.54, 1.807) is 36.4 Å². The molecule has 0 amide bonds. The molecule has 9 heteroatoms. The molecule has 3 rings (SSSR count). The van der Waals surface area contributed by atoms with E-state index in [0.29, 0.717) is 0 Å². The van der Waals surface area contributed by atoms with E-state index >= 15 is 0 Å². The first-order valence-corrected chi connectivity index (χ1v) is 11.3. The van der Waals surface area contributed by atoms with E-state index in [1.165, 1.54) is 20.7 Å². The van der Waals surface area contributed by atoms with Crippen molar-refractivity contribution in [3.8, 4) is 0 Å². The summed E-state index contributed by atoms with van der Waals surface area (Å²) in [6.45, 7) is 2.24. The molecule has 1 saturated heterocycles. The number of aryl methyl sites for hydroxylation is 1. The molecule has 26 heavy (non-hydrogen) atoms. The van der Waals surface area contributed by atoms with Gasteiger partial charge in [-0.15, -0.1) is 0 Å². The summed E-state index contributed by atoms with van der Waals surface area (Å²) in [6, 6.07) is 12.9. The van der Waals surface area contributed by atoms with E-state index < -0.39 is 20.0 Å². The van der Waals surface area contributed by atoms with Crippen molar-refractivity contribution < 1.29 is 16.8 Å². The molecule has 1 fully saturated rings. The Balaban J connectivity index is 1.77. The highest BCUT2D eigenvalue weighted by Crippen LogP contribution is 2.26. The molecule has 0 aromatic heterocycles. The molecule has 0 unspecified atom stereocenters. The number of hydrogen-bond donors (Lipinski definition) is 0. The fourth-order valence-corrected chi connectivity index (χ4v) is 6.14. The molecule has 6 nitrogen and oxygen atoms in total. The summed E-state index contributed by atoms with van der Waals surface area (Å²) in [6.07, 6.45) is 0. The summed E-state index contributed by atoms with van der Waals surface area (Å²) in [4.78, 5) is 0.252. The van der Waals surface area contributed by atoms with Crippen LogP contribution in [0.5, 0.6) is 0 Å². The lowest BCUT2D eigenvalue weighted by Crippen LogP contribution is -2.50. The highest BCUT2D eigenvalue weighted by atomic mass is 35.5. The molecular formula is C17H19ClN2O4S2. The predicted molar refractivity (Wildman–Crippen MR) is 100 cm³/mol. The van der Waals surface area contributed by atoms with Crippen LogP contribution < -0.4 is 0 Å². The Morgan fingerprint density at radius 3 is 1.81 bits per heavy atom. The van der Waals surface area contributed by atoms with Gasteiger partial charge in [0, 0.05) is 26.2 Å². The Morgan fingerprint density at radius 2 is 1.27 bits per heavy atom. The third-order valence-electron chi connectivity index (χ3n) is 4.31.